The molecule has 5 heteroatoms. The molecule has 0 bridgehead atoms. The lowest BCUT2D eigenvalue weighted by molar-refractivity contribution is -0.144. The Morgan fingerprint density at radius 3 is 3.00 bits per heavy atom. The number of carbonyl (C=O) groups is 1. The highest BCUT2D eigenvalue weighted by Crippen LogP contribution is 2.00. The lowest BCUT2D eigenvalue weighted by Gasteiger charge is -2.22. The number of rotatable bonds is 4. The second-order valence-corrected chi connectivity index (χ2v) is 2.86. The molecule has 0 aliphatic carbocycles. The molecule has 0 saturated carbocycles. The lowest BCUT2D eigenvalue weighted by Crippen LogP contribution is -2.43. The summed E-state index contributed by atoms with van der Waals surface area (Å²) in [7, 11) is 0. The van der Waals surface area contributed by atoms with Crippen molar-refractivity contribution in [2.45, 2.75) is 26.3 Å². The van der Waals surface area contributed by atoms with Gasteiger partial charge in [0.25, 0.3) is 0 Å². The Labute approximate surface area is 77.7 Å². The van der Waals surface area contributed by atoms with E-state index in [4.69, 9.17) is 4.74 Å². The van der Waals surface area contributed by atoms with Gasteiger partial charge in [0.15, 0.2) is 0 Å². The largest absolute Gasteiger partial charge is 0.463 e. The monoisotopic (exact) mass is 185 g/mol. The first-order chi connectivity index (χ1) is 6.24. The van der Waals surface area contributed by atoms with Crippen molar-refractivity contribution in [3.05, 3.63) is 12.4 Å². The maximum absolute atomic E-state index is 10.8. The zero-order chi connectivity index (χ0) is 9.68. The van der Waals surface area contributed by atoms with Crippen LogP contribution in [-0.4, -0.2) is 23.6 Å². The molecular weight excluding hydrogens is 170 g/mol. The molecule has 13 heavy (non-hydrogen) atoms. The second kappa shape index (κ2) is 4.71. The number of nitrogens with zero attached hydrogens (tertiary/aromatic N) is 1. The van der Waals surface area contributed by atoms with E-state index in [2.05, 4.69) is 11.0 Å². The van der Waals surface area contributed by atoms with Crippen molar-refractivity contribution >= 4 is 5.97 Å². The van der Waals surface area contributed by atoms with Gasteiger partial charge < -0.3 is 10.2 Å². The summed E-state index contributed by atoms with van der Waals surface area (Å²) in [5.41, 5.74) is 5.69. The van der Waals surface area contributed by atoms with Crippen molar-refractivity contribution in [3.63, 3.8) is 0 Å². The van der Waals surface area contributed by atoms with Crippen LogP contribution in [0.2, 0.25) is 0 Å². The van der Waals surface area contributed by atoms with Gasteiger partial charge in [0.2, 0.25) is 0 Å². The summed E-state index contributed by atoms with van der Waals surface area (Å²) in [5, 5.41) is 1.84. The van der Waals surface area contributed by atoms with Gasteiger partial charge in [-0.1, -0.05) is 6.92 Å². The summed E-state index contributed by atoms with van der Waals surface area (Å²) in [6, 6.07) is 0.127. The Morgan fingerprint density at radius 2 is 2.46 bits per heavy atom. The lowest BCUT2D eigenvalue weighted by atomic mass is 10.3. The quantitative estimate of drug-likeness (QED) is 0.609. The van der Waals surface area contributed by atoms with Crippen LogP contribution in [0.25, 0.3) is 0 Å². The van der Waals surface area contributed by atoms with Crippen molar-refractivity contribution in [1.29, 1.82) is 0 Å². The minimum Gasteiger partial charge on any atom is -0.463 e. The Hall–Kier alpha value is -1.23. The third-order valence-corrected chi connectivity index (χ3v) is 1.76. The molecule has 0 spiro atoms. The number of hydrogen-bond donors (Lipinski definition) is 2. The number of hydrazine groups is 2. The second-order valence-electron chi connectivity index (χ2n) is 2.86. The molecule has 0 radical (unpaired) electrons. The zero-order valence-corrected chi connectivity index (χ0v) is 7.91. The van der Waals surface area contributed by atoms with E-state index in [1.54, 1.807) is 13.1 Å². The topological polar surface area (TPSA) is 53.6 Å². The zero-order valence-electron chi connectivity index (χ0n) is 7.91. The Kier molecular flexibility index (Phi) is 3.57. The van der Waals surface area contributed by atoms with E-state index < -0.39 is 0 Å². The molecule has 0 fully saturated rings. The number of ether oxygens (including phenoxy) is 1. The van der Waals surface area contributed by atoms with Gasteiger partial charge in [-0.25, -0.2) is 0 Å². The summed E-state index contributed by atoms with van der Waals surface area (Å²) in [5.74, 6) is -0.164. The first-order valence-electron chi connectivity index (χ1n) is 4.36. The van der Waals surface area contributed by atoms with Gasteiger partial charge in [-0.2, -0.15) is 0 Å². The number of nitrogens with one attached hydrogen (secondary N) is 2. The summed E-state index contributed by atoms with van der Waals surface area (Å²) in [6.45, 7) is 4.14. The van der Waals surface area contributed by atoms with Gasteiger partial charge in [0.05, 0.1) is 6.04 Å². The van der Waals surface area contributed by atoms with Gasteiger partial charge in [0.1, 0.15) is 6.61 Å². The summed E-state index contributed by atoms with van der Waals surface area (Å²) < 4.78 is 4.98. The molecule has 0 saturated heterocycles. The highest BCUT2D eigenvalue weighted by atomic mass is 16.5. The van der Waals surface area contributed by atoms with Crippen molar-refractivity contribution in [2.24, 2.45) is 0 Å². The van der Waals surface area contributed by atoms with Crippen LogP contribution in [0.3, 0.4) is 0 Å². The Balaban J connectivity index is 2.20. The van der Waals surface area contributed by atoms with Crippen LogP contribution in [0.15, 0.2) is 12.4 Å². The van der Waals surface area contributed by atoms with Crippen molar-refractivity contribution < 1.29 is 9.53 Å². The molecule has 1 aliphatic rings. The molecule has 2 N–H and O–H groups in total. The van der Waals surface area contributed by atoms with Crippen molar-refractivity contribution in [1.82, 2.24) is 16.0 Å². The Morgan fingerprint density at radius 1 is 1.69 bits per heavy atom. The molecule has 1 unspecified atom stereocenters. The molecule has 1 aliphatic heterocycles. The van der Waals surface area contributed by atoms with Gasteiger partial charge >= 0.3 is 5.97 Å². The van der Waals surface area contributed by atoms with Crippen LogP contribution in [0.4, 0.5) is 0 Å². The molecule has 1 atom stereocenters. The SMILES string of the molecule is CCC(=O)OCC(C)N1C=CNN1. The molecular formula is C8H15N3O2. The molecule has 74 valence electrons. The fraction of sp³-hybridized carbons (Fsp3) is 0.625. The first-order valence-corrected chi connectivity index (χ1v) is 4.36. The minimum atomic E-state index is -0.164. The maximum Gasteiger partial charge on any atom is 0.305 e. The van der Waals surface area contributed by atoms with Gasteiger partial charge in [0, 0.05) is 18.8 Å². The van der Waals surface area contributed by atoms with Crippen LogP contribution >= 0.6 is 0 Å². The Bertz CT molecular complexity index is 206. The number of hydrogen-bond acceptors (Lipinski definition) is 5. The van der Waals surface area contributed by atoms with Crippen molar-refractivity contribution in [3.8, 4) is 0 Å². The van der Waals surface area contributed by atoms with E-state index in [0.29, 0.717) is 13.0 Å². The van der Waals surface area contributed by atoms with Crippen LogP contribution in [0.1, 0.15) is 20.3 Å². The van der Waals surface area contributed by atoms with Crippen LogP contribution in [0.5, 0.6) is 0 Å². The van der Waals surface area contributed by atoms with Crippen molar-refractivity contribution in [2.75, 3.05) is 6.61 Å². The smallest absolute Gasteiger partial charge is 0.305 e. The third kappa shape index (κ3) is 2.95. The van der Waals surface area contributed by atoms with Gasteiger partial charge in [-0.3, -0.25) is 9.80 Å². The predicted octanol–water partition coefficient (Wildman–Crippen LogP) is 0.124. The van der Waals surface area contributed by atoms with E-state index in [-0.39, 0.29) is 12.0 Å². The van der Waals surface area contributed by atoms with E-state index in [0.717, 1.165) is 0 Å². The van der Waals surface area contributed by atoms with Crippen LogP contribution in [0, 0.1) is 0 Å². The molecule has 0 amide bonds. The average molecular weight is 185 g/mol. The molecule has 1 heterocycles. The number of esters is 1. The van der Waals surface area contributed by atoms with Gasteiger partial charge in [-0.05, 0) is 6.92 Å². The standard InChI is InChI=1S/C8H15N3O2/c1-3-8(12)13-6-7(2)11-5-4-9-10-11/h4-5,7,9-10H,3,6H2,1-2H3. The first kappa shape index (κ1) is 9.85. The van der Waals surface area contributed by atoms with E-state index in [9.17, 15) is 4.79 Å². The molecule has 0 aromatic rings. The molecule has 5 nitrogen and oxygen atoms in total. The normalized spacial score (nSPS) is 16.9. The van der Waals surface area contributed by atoms with E-state index in [1.807, 2.05) is 18.1 Å². The fourth-order valence-electron chi connectivity index (χ4n) is 0.920. The van der Waals surface area contributed by atoms with Crippen LogP contribution in [-0.2, 0) is 9.53 Å². The molecule has 0 aromatic carbocycles. The summed E-state index contributed by atoms with van der Waals surface area (Å²) in [4.78, 5) is 10.8. The number of carbonyl (C=O) groups excluding carboxylic acids is 1. The minimum absolute atomic E-state index is 0.127. The summed E-state index contributed by atoms with van der Waals surface area (Å²) >= 11 is 0. The maximum atomic E-state index is 10.8. The molecule has 0 aromatic heterocycles. The van der Waals surface area contributed by atoms with Gasteiger partial charge in [-0.15, -0.1) is 5.53 Å². The van der Waals surface area contributed by atoms with Crippen LogP contribution < -0.4 is 11.0 Å². The van der Waals surface area contributed by atoms with E-state index in [1.165, 1.54) is 0 Å². The fourth-order valence-corrected chi connectivity index (χ4v) is 0.920. The molecule has 1 rings (SSSR count). The van der Waals surface area contributed by atoms with E-state index >= 15 is 0 Å². The average Bonchev–Trinajstić information content (AvgIpc) is 2.66. The predicted molar refractivity (Wildman–Crippen MR) is 48.0 cm³/mol. The third-order valence-electron chi connectivity index (χ3n) is 1.76. The highest BCUT2D eigenvalue weighted by molar-refractivity contribution is 5.68. The summed E-state index contributed by atoms with van der Waals surface area (Å²) in [6.07, 6.45) is 4.05. The highest BCUT2D eigenvalue weighted by Gasteiger charge is 2.13.